The van der Waals surface area contributed by atoms with Crippen molar-refractivity contribution >= 4 is 34.4 Å². The molecule has 1 heterocycles. The van der Waals surface area contributed by atoms with Crippen LogP contribution in [0.15, 0.2) is 66.7 Å². The van der Waals surface area contributed by atoms with Gasteiger partial charge in [0.25, 0.3) is 0 Å². The Bertz CT molecular complexity index is 1500. The third-order valence-electron chi connectivity index (χ3n) is 8.18. The largest absolute Gasteiger partial charge is 0.357 e. The minimum absolute atomic E-state index is 0.150. The fourth-order valence-corrected chi connectivity index (χ4v) is 5.66. The average Bonchev–Trinajstić information content (AvgIpc) is 3.00. The predicted molar refractivity (Wildman–Crippen MR) is 169 cm³/mol. The molecule has 0 aliphatic carbocycles. The third kappa shape index (κ3) is 7.62. The lowest BCUT2D eigenvalue weighted by atomic mass is 9.93. The Morgan fingerprint density at radius 3 is 2.23 bits per heavy atom. The van der Waals surface area contributed by atoms with E-state index in [1.807, 2.05) is 49.4 Å². The van der Waals surface area contributed by atoms with Gasteiger partial charge in [0.05, 0.1) is 0 Å². The zero-order valence-corrected chi connectivity index (χ0v) is 26.2. The summed E-state index contributed by atoms with van der Waals surface area (Å²) >= 11 is 0. The van der Waals surface area contributed by atoms with Crippen LogP contribution in [0.5, 0.6) is 0 Å². The lowest BCUT2D eigenvalue weighted by Gasteiger charge is -2.44. The molecule has 0 saturated carbocycles. The van der Waals surface area contributed by atoms with Crippen molar-refractivity contribution in [3.05, 3.63) is 83.7 Å². The quantitative estimate of drug-likeness (QED) is 0.363. The molecule has 0 spiro atoms. The summed E-state index contributed by atoms with van der Waals surface area (Å²) in [6, 6.07) is 17.3. The van der Waals surface area contributed by atoms with E-state index in [-0.39, 0.29) is 43.1 Å². The van der Waals surface area contributed by atoms with Gasteiger partial charge >= 0.3 is 0 Å². The SMILES string of the molecule is CCC[C@H]1C(=O)N([C@@H](Cc2ccc3ccccc3c2)C(=O)NC)CCN1C(=O)[C@@H](Cc1ccc(F)cc1)NC(=O)C(C)(C)C. The highest BCUT2D eigenvalue weighted by Crippen LogP contribution is 2.24. The molecule has 2 N–H and O–H groups in total. The first-order chi connectivity index (χ1) is 20.9. The van der Waals surface area contributed by atoms with Crippen molar-refractivity contribution in [3.63, 3.8) is 0 Å². The number of nitrogens with one attached hydrogen (secondary N) is 2. The number of nitrogens with zero attached hydrogens (tertiary/aromatic N) is 2. The molecule has 1 fully saturated rings. The average molecular weight is 603 g/mol. The van der Waals surface area contributed by atoms with Gasteiger partial charge in [0.15, 0.2) is 0 Å². The van der Waals surface area contributed by atoms with Crippen LogP contribution in [0, 0.1) is 11.2 Å². The number of amides is 4. The van der Waals surface area contributed by atoms with Crippen LogP contribution in [0.1, 0.15) is 51.7 Å². The van der Waals surface area contributed by atoms with Gasteiger partial charge in [-0.25, -0.2) is 4.39 Å². The second kappa shape index (κ2) is 14.0. The summed E-state index contributed by atoms with van der Waals surface area (Å²) in [5.74, 6) is -1.62. The number of benzene rings is 3. The highest BCUT2D eigenvalue weighted by atomic mass is 19.1. The standard InChI is InChI=1S/C35H43FN4O4/c1-6-9-29-33(43)40(30(31(41)37-5)22-24-12-15-25-10-7-8-11-26(25)20-24)19-18-39(29)32(42)28(38-34(44)35(2,3)4)21-23-13-16-27(36)17-14-23/h7-8,10-17,20,28-30H,6,9,18-19,21-22H2,1-5H3,(H,37,41)(H,38,44)/t28-,29+,30+/m1/s1. The van der Waals surface area contributed by atoms with Crippen molar-refractivity contribution < 1.29 is 23.6 Å². The maximum absolute atomic E-state index is 14.1. The predicted octanol–water partition coefficient (Wildman–Crippen LogP) is 4.25. The summed E-state index contributed by atoms with van der Waals surface area (Å²) < 4.78 is 13.6. The van der Waals surface area contributed by atoms with Gasteiger partial charge in [-0.1, -0.05) is 88.7 Å². The number of carbonyl (C=O) groups is 4. The molecule has 4 amide bonds. The van der Waals surface area contributed by atoms with E-state index in [2.05, 4.69) is 10.6 Å². The molecule has 1 aliphatic heterocycles. The van der Waals surface area contributed by atoms with E-state index >= 15 is 0 Å². The van der Waals surface area contributed by atoms with Gasteiger partial charge in [0, 0.05) is 38.4 Å². The van der Waals surface area contributed by atoms with Crippen molar-refractivity contribution in [1.29, 1.82) is 0 Å². The topological polar surface area (TPSA) is 98.8 Å². The Morgan fingerprint density at radius 2 is 1.59 bits per heavy atom. The first-order valence-electron chi connectivity index (χ1n) is 15.3. The summed E-state index contributed by atoms with van der Waals surface area (Å²) in [5, 5.41) is 7.75. The number of carbonyl (C=O) groups excluding carboxylic acids is 4. The van der Waals surface area contributed by atoms with Crippen molar-refractivity contribution in [2.24, 2.45) is 5.41 Å². The van der Waals surface area contributed by atoms with Crippen molar-refractivity contribution in [3.8, 4) is 0 Å². The van der Waals surface area contributed by atoms with Crippen LogP contribution in [0.3, 0.4) is 0 Å². The number of likely N-dealkylation sites (N-methyl/N-ethyl adjacent to an activating group) is 1. The lowest BCUT2D eigenvalue weighted by molar-refractivity contribution is -0.157. The zero-order chi connectivity index (χ0) is 32.0. The van der Waals surface area contributed by atoms with Crippen molar-refractivity contribution in [2.75, 3.05) is 20.1 Å². The van der Waals surface area contributed by atoms with Gasteiger partial charge < -0.3 is 20.4 Å². The van der Waals surface area contributed by atoms with Crippen LogP contribution < -0.4 is 10.6 Å². The fraction of sp³-hybridized carbons (Fsp3) is 0.429. The molecule has 9 heteroatoms. The molecular weight excluding hydrogens is 559 g/mol. The van der Waals surface area contributed by atoms with E-state index in [4.69, 9.17) is 0 Å². The van der Waals surface area contributed by atoms with Crippen LogP contribution in [0.4, 0.5) is 4.39 Å². The maximum Gasteiger partial charge on any atom is 0.246 e. The first kappa shape index (κ1) is 32.6. The number of hydrogen-bond acceptors (Lipinski definition) is 4. The molecule has 0 bridgehead atoms. The first-order valence-corrected chi connectivity index (χ1v) is 15.3. The minimum Gasteiger partial charge on any atom is -0.357 e. The molecule has 8 nitrogen and oxygen atoms in total. The molecule has 1 aliphatic rings. The smallest absolute Gasteiger partial charge is 0.246 e. The fourth-order valence-electron chi connectivity index (χ4n) is 5.66. The van der Waals surface area contributed by atoms with E-state index in [0.717, 1.165) is 16.3 Å². The molecule has 4 rings (SSSR count). The number of piperazine rings is 1. The van der Waals surface area contributed by atoms with Gasteiger partial charge in [-0.05, 0) is 40.5 Å². The van der Waals surface area contributed by atoms with Crippen molar-refractivity contribution in [1.82, 2.24) is 20.4 Å². The number of fused-ring (bicyclic) bond motifs is 1. The van der Waals surface area contributed by atoms with Crippen LogP contribution in [0.25, 0.3) is 10.8 Å². The van der Waals surface area contributed by atoms with Gasteiger partial charge in [-0.15, -0.1) is 0 Å². The third-order valence-corrected chi connectivity index (χ3v) is 8.18. The minimum atomic E-state index is -0.946. The molecule has 0 aromatic heterocycles. The van der Waals surface area contributed by atoms with E-state index in [0.29, 0.717) is 24.8 Å². The van der Waals surface area contributed by atoms with E-state index in [1.54, 1.807) is 49.8 Å². The van der Waals surface area contributed by atoms with E-state index < -0.39 is 29.4 Å². The van der Waals surface area contributed by atoms with Crippen LogP contribution in [-0.4, -0.2) is 71.7 Å². The Balaban J connectivity index is 1.60. The molecule has 3 aromatic rings. The Kier molecular flexibility index (Phi) is 10.4. The normalized spacial score (nSPS) is 16.9. The summed E-state index contributed by atoms with van der Waals surface area (Å²) in [7, 11) is 1.56. The molecule has 1 saturated heterocycles. The van der Waals surface area contributed by atoms with E-state index in [9.17, 15) is 23.6 Å². The van der Waals surface area contributed by atoms with Gasteiger partial charge in [0.1, 0.15) is 23.9 Å². The summed E-state index contributed by atoms with van der Waals surface area (Å²) in [4.78, 5) is 57.6. The molecular formula is C35H43FN4O4. The summed E-state index contributed by atoms with van der Waals surface area (Å²) in [6.07, 6.45) is 1.53. The van der Waals surface area contributed by atoms with Gasteiger partial charge in [0.2, 0.25) is 23.6 Å². The van der Waals surface area contributed by atoms with Crippen LogP contribution >= 0.6 is 0 Å². The number of rotatable bonds is 10. The number of hydrogen-bond donors (Lipinski definition) is 2. The van der Waals surface area contributed by atoms with Crippen LogP contribution in [0.2, 0.25) is 0 Å². The highest BCUT2D eigenvalue weighted by Gasteiger charge is 2.43. The second-order valence-corrected chi connectivity index (χ2v) is 12.5. The highest BCUT2D eigenvalue weighted by molar-refractivity contribution is 5.96. The maximum atomic E-state index is 14.1. The lowest BCUT2D eigenvalue weighted by Crippen LogP contribution is -2.65. The second-order valence-electron chi connectivity index (χ2n) is 12.5. The monoisotopic (exact) mass is 602 g/mol. The van der Waals surface area contributed by atoms with Crippen molar-refractivity contribution in [2.45, 2.75) is 71.5 Å². The molecule has 234 valence electrons. The van der Waals surface area contributed by atoms with Gasteiger partial charge in [-0.3, -0.25) is 19.2 Å². The Morgan fingerprint density at radius 1 is 0.932 bits per heavy atom. The van der Waals surface area contributed by atoms with Gasteiger partial charge in [-0.2, -0.15) is 0 Å². The number of halogens is 1. The Hall–Kier alpha value is -4.27. The summed E-state index contributed by atoms with van der Waals surface area (Å²) in [6.45, 7) is 7.62. The molecule has 0 radical (unpaired) electrons. The Labute approximate surface area is 259 Å². The van der Waals surface area contributed by atoms with Crippen LogP contribution in [-0.2, 0) is 32.0 Å². The molecule has 44 heavy (non-hydrogen) atoms. The molecule has 3 atom stereocenters. The molecule has 0 unspecified atom stereocenters. The molecule has 3 aromatic carbocycles. The summed E-state index contributed by atoms with van der Waals surface area (Å²) in [5.41, 5.74) is 0.869. The van der Waals surface area contributed by atoms with E-state index in [1.165, 1.54) is 12.1 Å². The zero-order valence-electron chi connectivity index (χ0n) is 26.2.